The monoisotopic (exact) mass is 443 g/mol. The quantitative estimate of drug-likeness (QED) is 0.343. The van der Waals surface area contributed by atoms with E-state index in [0.29, 0.717) is 29.0 Å². The second-order valence-electron chi connectivity index (χ2n) is 7.75. The van der Waals surface area contributed by atoms with Gasteiger partial charge in [-0.2, -0.15) is 0 Å². The van der Waals surface area contributed by atoms with Gasteiger partial charge in [0.25, 0.3) is 0 Å². The highest BCUT2D eigenvalue weighted by atomic mass is 16.6. The summed E-state index contributed by atoms with van der Waals surface area (Å²) in [5.74, 6) is -8.45. The number of ether oxygens (including phenoxy) is 2. The Labute approximate surface area is 181 Å². The van der Waals surface area contributed by atoms with Crippen molar-refractivity contribution in [3.05, 3.63) is 23.3 Å². The van der Waals surface area contributed by atoms with Gasteiger partial charge in [0.1, 0.15) is 6.10 Å². The minimum atomic E-state index is -2.77. The molecule has 1 saturated heterocycles. The standard InChI is InChI=1S/C19H27NO9.C2H6/c1-9(17(22)23)6-12-16(21)18(24,25)15-11-8-14(29-3)13(28-2)7-10(11)4-5-20(15)19(12,26)27;1-2/h7-9,12,15-16,21,24-27H,4-6H2,1-3H3,(H,22,23);1-2H3. The van der Waals surface area contributed by atoms with Crippen molar-refractivity contribution in [2.45, 2.75) is 57.5 Å². The first kappa shape index (κ1) is 25.3. The third-order valence-electron chi connectivity index (χ3n) is 6.04. The molecule has 3 rings (SSSR count). The molecule has 0 amide bonds. The van der Waals surface area contributed by atoms with Gasteiger partial charge in [0.15, 0.2) is 11.5 Å². The van der Waals surface area contributed by atoms with Crippen LogP contribution in [0.5, 0.6) is 11.5 Å². The highest BCUT2D eigenvalue weighted by Crippen LogP contribution is 2.51. The summed E-state index contributed by atoms with van der Waals surface area (Å²) in [6, 6.07) is 1.80. The second-order valence-corrected chi connectivity index (χ2v) is 7.75. The number of methoxy groups -OCH3 is 2. The van der Waals surface area contributed by atoms with E-state index in [-0.39, 0.29) is 13.0 Å². The summed E-state index contributed by atoms with van der Waals surface area (Å²) in [7, 11) is 2.88. The predicted molar refractivity (Wildman–Crippen MR) is 109 cm³/mol. The molecule has 2 heterocycles. The topological polar surface area (TPSA) is 160 Å². The molecule has 1 fully saturated rings. The zero-order valence-corrected chi connectivity index (χ0v) is 18.4. The minimum absolute atomic E-state index is 0.0354. The number of hydrogen-bond donors (Lipinski definition) is 6. The highest BCUT2D eigenvalue weighted by molar-refractivity contribution is 5.69. The maximum absolute atomic E-state index is 11.2. The van der Waals surface area contributed by atoms with Crippen molar-refractivity contribution < 1.29 is 44.9 Å². The Bertz CT molecular complexity index is 795. The maximum atomic E-state index is 11.2. The number of aliphatic carboxylic acids is 1. The molecule has 0 aliphatic carbocycles. The van der Waals surface area contributed by atoms with Crippen LogP contribution in [0.2, 0.25) is 0 Å². The van der Waals surface area contributed by atoms with E-state index in [1.165, 1.54) is 27.2 Å². The number of aliphatic hydroxyl groups excluding tert-OH is 1. The molecule has 4 atom stereocenters. The number of benzene rings is 1. The van der Waals surface area contributed by atoms with Crippen LogP contribution in [0.3, 0.4) is 0 Å². The van der Waals surface area contributed by atoms with E-state index in [1.807, 2.05) is 13.8 Å². The normalized spacial score (nSPS) is 27.1. The van der Waals surface area contributed by atoms with E-state index < -0.39 is 41.6 Å². The minimum Gasteiger partial charge on any atom is -0.493 e. The molecule has 4 unspecified atom stereocenters. The zero-order valence-electron chi connectivity index (χ0n) is 18.4. The molecule has 10 nitrogen and oxygen atoms in total. The molecule has 1 aromatic carbocycles. The summed E-state index contributed by atoms with van der Waals surface area (Å²) >= 11 is 0. The second kappa shape index (κ2) is 9.27. The Kier molecular flexibility index (Phi) is 7.57. The van der Waals surface area contributed by atoms with Crippen LogP contribution in [0.1, 0.15) is 44.4 Å². The van der Waals surface area contributed by atoms with Crippen LogP contribution in [-0.2, 0) is 11.2 Å². The summed E-state index contributed by atoms with van der Waals surface area (Å²) in [5.41, 5.74) is 1.02. The average Bonchev–Trinajstić information content (AvgIpc) is 2.74. The Morgan fingerprint density at radius 1 is 1.16 bits per heavy atom. The average molecular weight is 443 g/mol. The van der Waals surface area contributed by atoms with Crippen molar-refractivity contribution in [2.75, 3.05) is 20.8 Å². The van der Waals surface area contributed by atoms with Gasteiger partial charge in [0.2, 0.25) is 11.7 Å². The Morgan fingerprint density at radius 2 is 1.71 bits per heavy atom. The molecule has 0 aromatic heterocycles. The van der Waals surface area contributed by atoms with Crippen LogP contribution >= 0.6 is 0 Å². The summed E-state index contributed by atoms with van der Waals surface area (Å²) in [5, 5.41) is 63.3. The number of aliphatic hydroxyl groups is 5. The van der Waals surface area contributed by atoms with Crippen LogP contribution in [0.25, 0.3) is 0 Å². The highest BCUT2D eigenvalue weighted by Gasteiger charge is 2.64. The molecule has 176 valence electrons. The smallest absolute Gasteiger partial charge is 0.306 e. The third kappa shape index (κ3) is 4.23. The van der Waals surface area contributed by atoms with Crippen molar-refractivity contribution in [3.63, 3.8) is 0 Å². The summed E-state index contributed by atoms with van der Waals surface area (Å²) < 4.78 is 10.5. The summed E-state index contributed by atoms with van der Waals surface area (Å²) in [6.07, 6.45) is -2.05. The van der Waals surface area contributed by atoms with Gasteiger partial charge in [0.05, 0.1) is 32.1 Å². The summed E-state index contributed by atoms with van der Waals surface area (Å²) in [4.78, 5) is 12.3. The van der Waals surface area contributed by atoms with Crippen LogP contribution in [0.4, 0.5) is 0 Å². The van der Waals surface area contributed by atoms with E-state index in [9.17, 15) is 30.3 Å². The van der Waals surface area contributed by atoms with Gasteiger partial charge in [-0.3, -0.25) is 4.79 Å². The van der Waals surface area contributed by atoms with Gasteiger partial charge in [-0.25, -0.2) is 4.90 Å². The van der Waals surface area contributed by atoms with Gasteiger partial charge < -0.3 is 40.1 Å². The third-order valence-corrected chi connectivity index (χ3v) is 6.04. The van der Waals surface area contributed by atoms with E-state index in [2.05, 4.69) is 0 Å². The Morgan fingerprint density at radius 3 is 2.23 bits per heavy atom. The SMILES string of the molecule is CC.COc1cc2c(cc1OC)C1N(CC2)C(O)(O)C(CC(C)C(=O)O)C(O)C1(O)O. The number of nitrogens with zero attached hydrogens (tertiary/aromatic N) is 1. The van der Waals surface area contributed by atoms with Gasteiger partial charge >= 0.3 is 5.97 Å². The van der Waals surface area contributed by atoms with Crippen molar-refractivity contribution in [1.29, 1.82) is 0 Å². The van der Waals surface area contributed by atoms with Gasteiger partial charge in [-0.05, 0) is 36.1 Å². The molecule has 10 heteroatoms. The van der Waals surface area contributed by atoms with Crippen LogP contribution in [0.15, 0.2) is 12.1 Å². The van der Waals surface area contributed by atoms with Crippen LogP contribution < -0.4 is 9.47 Å². The molecule has 0 bridgehead atoms. The van der Waals surface area contributed by atoms with Crippen LogP contribution in [-0.4, -0.2) is 80.1 Å². The lowest BCUT2D eigenvalue weighted by Gasteiger charge is -2.58. The largest absolute Gasteiger partial charge is 0.493 e. The number of hydrogen-bond acceptors (Lipinski definition) is 9. The van der Waals surface area contributed by atoms with E-state index in [4.69, 9.17) is 14.6 Å². The van der Waals surface area contributed by atoms with E-state index >= 15 is 0 Å². The van der Waals surface area contributed by atoms with Crippen molar-refractivity contribution in [2.24, 2.45) is 11.8 Å². The van der Waals surface area contributed by atoms with Crippen molar-refractivity contribution in [3.8, 4) is 11.5 Å². The first-order chi connectivity index (χ1) is 14.5. The molecule has 2 aliphatic heterocycles. The molecule has 6 N–H and O–H groups in total. The molecular weight excluding hydrogens is 410 g/mol. The van der Waals surface area contributed by atoms with E-state index in [0.717, 1.165) is 4.90 Å². The fourth-order valence-electron chi connectivity index (χ4n) is 4.41. The number of piperidine rings is 1. The lowest BCUT2D eigenvalue weighted by atomic mass is 9.72. The van der Waals surface area contributed by atoms with Gasteiger partial charge in [0, 0.05) is 6.54 Å². The fraction of sp³-hybridized carbons (Fsp3) is 0.667. The van der Waals surface area contributed by atoms with Gasteiger partial charge in [-0.15, -0.1) is 0 Å². The number of carbonyl (C=O) groups is 1. The fourth-order valence-corrected chi connectivity index (χ4v) is 4.41. The lowest BCUT2D eigenvalue weighted by Crippen LogP contribution is -2.73. The number of fused-ring (bicyclic) bond motifs is 3. The number of rotatable bonds is 5. The molecular formula is C21H33NO9. The molecule has 0 spiro atoms. The van der Waals surface area contributed by atoms with Crippen LogP contribution in [0, 0.1) is 11.8 Å². The summed E-state index contributed by atoms with van der Waals surface area (Å²) in [6.45, 7) is 5.38. The first-order valence-corrected chi connectivity index (χ1v) is 10.3. The molecule has 0 radical (unpaired) electrons. The number of carboxylic acid groups (broad SMARTS) is 1. The lowest BCUT2D eigenvalue weighted by molar-refractivity contribution is -0.413. The van der Waals surface area contributed by atoms with Gasteiger partial charge in [-0.1, -0.05) is 20.8 Å². The molecule has 2 aliphatic rings. The Balaban J connectivity index is 0.00000166. The van der Waals surface area contributed by atoms with E-state index in [1.54, 1.807) is 6.07 Å². The molecule has 1 aromatic rings. The number of carboxylic acids is 1. The predicted octanol–water partition coefficient (Wildman–Crippen LogP) is 0.0500. The zero-order chi connectivity index (χ0) is 23.7. The Hall–Kier alpha value is -1.95. The molecule has 0 saturated carbocycles. The maximum Gasteiger partial charge on any atom is 0.306 e. The van der Waals surface area contributed by atoms with Crippen molar-refractivity contribution >= 4 is 5.97 Å². The first-order valence-electron chi connectivity index (χ1n) is 10.3. The molecule has 31 heavy (non-hydrogen) atoms. The van der Waals surface area contributed by atoms with Crippen molar-refractivity contribution in [1.82, 2.24) is 4.90 Å².